The van der Waals surface area contributed by atoms with E-state index in [4.69, 9.17) is 4.74 Å². The molecular formula is C24H34FN3O4Si. The van der Waals surface area contributed by atoms with E-state index in [2.05, 4.69) is 17.2 Å². The molecule has 4 rings (SSSR count). The Morgan fingerprint density at radius 2 is 2.24 bits per heavy atom. The number of rotatable bonds is 7. The smallest absolute Gasteiger partial charge is 0.264 e. The van der Waals surface area contributed by atoms with Crippen LogP contribution < -0.4 is 15.5 Å². The first-order valence-corrected chi connectivity index (χ1v) is 14.7. The first-order valence-electron chi connectivity index (χ1n) is 11.7. The van der Waals surface area contributed by atoms with Crippen LogP contribution in [0.15, 0.2) is 30.9 Å². The van der Waals surface area contributed by atoms with Gasteiger partial charge >= 0.3 is 0 Å². The summed E-state index contributed by atoms with van der Waals surface area (Å²) < 4.78 is 22.0. The molecule has 7 nitrogen and oxygen atoms in total. The molecule has 0 unspecified atom stereocenters. The standard InChI is InChI=1S/C24H34FN3O4Si/c1-5-12-28-19-9-8-16(27-22(30)18-7-6-11-26-18)14-17(19)24(23(28)31)15(2)21(33(3,4)25)20(32-24)10-13-29/h5,8-9,14-15,18,20-21,26,29H,1,6-7,10-13H2,2-4H3,(H,27,30)/t15-,18-,20+,21-,24+/m1/s1. The number of nitrogens with one attached hydrogen (secondary N) is 2. The van der Waals surface area contributed by atoms with E-state index < -0.39 is 31.6 Å². The Balaban J connectivity index is 1.77. The first kappa shape index (κ1) is 24.1. The molecule has 1 aromatic carbocycles. The number of aliphatic hydroxyl groups is 1. The van der Waals surface area contributed by atoms with E-state index in [0.717, 1.165) is 19.4 Å². The Hall–Kier alpha value is -2.07. The van der Waals surface area contributed by atoms with Gasteiger partial charge in [-0.2, -0.15) is 0 Å². The molecule has 3 N–H and O–H groups in total. The summed E-state index contributed by atoms with van der Waals surface area (Å²) in [5.74, 6) is -0.777. The zero-order chi connectivity index (χ0) is 24.0. The monoisotopic (exact) mass is 475 g/mol. The Kier molecular flexibility index (Phi) is 6.52. The van der Waals surface area contributed by atoms with Crippen LogP contribution >= 0.6 is 0 Å². The highest BCUT2D eigenvalue weighted by atomic mass is 28.4. The van der Waals surface area contributed by atoms with Gasteiger partial charge in [0.25, 0.3) is 5.91 Å². The maximum atomic E-state index is 15.5. The third kappa shape index (κ3) is 3.94. The molecule has 180 valence electrons. The average molecular weight is 476 g/mol. The lowest BCUT2D eigenvalue weighted by atomic mass is 9.82. The molecule has 1 spiro atoms. The van der Waals surface area contributed by atoms with Crippen molar-refractivity contribution >= 4 is 31.6 Å². The highest BCUT2D eigenvalue weighted by Gasteiger charge is 2.66. The summed E-state index contributed by atoms with van der Waals surface area (Å²) in [4.78, 5) is 28.1. The summed E-state index contributed by atoms with van der Waals surface area (Å²) in [7, 11) is -3.24. The number of benzene rings is 1. The van der Waals surface area contributed by atoms with Gasteiger partial charge in [0.15, 0.2) is 5.60 Å². The van der Waals surface area contributed by atoms with Crippen LogP contribution in [0.5, 0.6) is 0 Å². The van der Waals surface area contributed by atoms with Gasteiger partial charge in [0.2, 0.25) is 14.3 Å². The van der Waals surface area contributed by atoms with E-state index in [1.165, 1.54) is 0 Å². The average Bonchev–Trinajstić information content (AvgIpc) is 3.43. The van der Waals surface area contributed by atoms with Crippen molar-refractivity contribution < 1.29 is 23.5 Å². The maximum Gasteiger partial charge on any atom is 0.264 e. The van der Waals surface area contributed by atoms with E-state index in [9.17, 15) is 14.7 Å². The van der Waals surface area contributed by atoms with Crippen molar-refractivity contribution in [2.45, 2.75) is 62.6 Å². The summed E-state index contributed by atoms with van der Waals surface area (Å²) >= 11 is 0. The molecule has 0 saturated carbocycles. The Morgan fingerprint density at radius 1 is 1.48 bits per heavy atom. The minimum absolute atomic E-state index is 0.109. The fourth-order valence-corrected chi connectivity index (χ4v) is 8.51. The van der Waals surface area contributed by atoms with E-state index in [0.29, 0.717) is 23.5 Å². The third-order valence-corrected chi connectivity index (χ3v) is 9.79. The number of anilines is 2. The van der Waals surface area contributed by atoms with E-state index in [1.807, 2.05) is 13.0 Å². The van der Waals surface area contributed by atoms with Gasteiger partial charge in [-0.25, -0.2) is 0 Å². The van der Waals surface area contributed by atoms with Gasteiger partial charge in [0, 0.05) is 35.9 Å². The van der Waals surface area contributed by atoms with Gasteiger partial charge in [0.05, 0.1) is 17.8 Å². The van der Waals surface area contributed by atoms with Gasteiger partial charge in [-0.15, -0.1) is 6.58 Å². The number of hydrogen-bond acceptors (Lipinski definition) is 5. The molecule has 3 heterocycles. The summed E-state index contributed by atoms with van der Waals surface area (Å²) in [5.41, 5.74) is 0.0972. The van der Waals surface area contributed by atoms with Gasteiger partial charge in [-0.05, 0) is 57.1 Å². The molecule has 2 saturated heterocycles. The molecule has 0 aliphatic carbocycles. The third-order valence-electron chi connectivity index (χ3n) is 7.33. The van der Waals surface area contributed by atoms with Crippen LogP contribution in [0.3, 0.4) is 0 Å². The number of fused-ring (bicyclic) bond motifs is 2. The number of carbonyl (C=O) groups excluding carboxylic acids is 2. The first-order chi connectivity index (χ1) is 15.6. The van der Waals surface area contributed by atoms with Crippen molar-refractivity contribution in [2.24, 2.45) is 5.92 Å². The van der Waals surface area contributed by atoms with Gasteiger partial charge in [-0.1, -0.05) is 13.0 Å². The topological polar surface area (TPSA) is 90.9 Å². The SMILES string of the molecule is C=CCN1C(=O)[C@@]2(O[C@@H](CCO)[C@H]([Si](C)(C)F)[C@H]2C)c2cc(NC(=O)[C@H]3CCCN3)ccc21. The van der Waals surface area contributed by atoms with Gasteiger partial charge in [-0.3, -0.25) is 9.59 Å². The molecule has 3 aliphatic rings. The highest BCUT2D eigenvalue weighted by Crippen LogP contribution is 2.60. The van der Waals surface area contributed by atoms with Crippen molar-refractivity contribution in [3.05, 3.63) is 36.4 Å². The van der Waals surface area contributed by atoms with Crippen LogP contribution in [-0.2, 0) is 19.9 Å². The van der Waals surface area contributed by atoms with Crippen molar-refractivity contribution in [1.82, 2.24) is 5.32 Å². The molecule has 5 atom stereocenters. The molecule has 0 aromatic heterocycles. The van der Waals surface area contributed by atoms with Crippen LogP contribution in [0.25, 0.3) is 0 Å². The predicted molar refractivity (Wildman–Crippen MR) is 128 cm³/mol. The number of ether oxygens (including phenoxy) is 1. The molecule has 2 amide bonds. The number of carbonyl (C=O) groups is 2. The molecule has 9 heteroatoms. The van der Waals surface area contributed by atoms with Crippen LogP contribution in [-0.4, -0.2) is 57.2 Å². The zero-order valence-corrected chi connectivity index (χ0v) is 20.6. The Bertz CT molecular complexity index is 946. The zero-order valence-electron chi connectivity index (χ0n) is 19.6. The number of halogens is 1. The quantitative estimate of drug-likeness (QED) is 0.320. The normalized spacial score (nSPS) is 31.3. The summed E-state index contributed by atoms with van der Waals surface area (Å²) in [6.07, 6.45) is 3.10. The molecule has 1 aromatic rings. The van der Waals surface area contributed by atoms with Crippen molar-refractivity contribution in [1.29, 1.82) is 0 Å². The lowest BCUT2D eigenvalue weighted by Gasteiger charge is -2.31. The van der Waals surface area contributed by atoms with Crippen LogP contribution in [0, 0.1) is 5.92 Å². The Morgan fingerprint density at radius 3 is 2.85 bits per heavy atom. The molecular weight excluding hydrogens is 441 g/mol. The molecule has 3 aliphatic heterocycles. The molecule has 33 heavy (non-hydrogen) atoms. The summed E-state index contributed by atoms with van der Waals surface area (Å²) in [5, 5.41) is 15.8. The Labute approximate surface area is 195 Å². The van der Waals surface area contributed by atoms with E-state index in [-0.39, 0.29) is 30.9 Å². The predicted octanol–water partition coefficient (Wildman–Crippen LogP) is 3.07. The van der Waals surface area contributed by atoms with E-state index >= 15 is 4.11 Å². The molecule has 0 bridgehead atoms. The second-order valence-electron chi connectivity index (χ2n) is 9.86. The van der Waals surface area contributed by atoms with Crippen LogP contribution in [0.2, 0.25) is 18.6 Å². The summed E-state index contributed by atoms with van der Waals surface area (Å²) in [6, 6.07) is 5.16. The second-order valence-corrected chi connectivity index (χ2v) is 13.7. The number of amides is 2. The fourth-order valence-electron chi connectivity index (χ4n) is 5.97. The highest BCUT2D eigenvalue weighted by molar-refractivity contribution is 6.72. The fraction of sp³-hybridized carbons (Fsp3) is 0.583. The number of nitrogens with zero attached hydrogens (tertiary/aromatic N) is 1. The molecule has 0 radical (unpaired) electrons. The number of hydrogen-bond donors (Lipinski definition) is 3. The largest absolute Gasteiger partial charge is 0.396 e. The maximum absolute atomic E-state index is 15.5. The van der Waals surface area contributed by atoms with Crippen molar-refractivity contribution in [3.63, 3.8) is 0 Å². The second kappa shape index (κ2) is 8.94. The van der Waals surface area contributed by atoms with Gasteiger partial charge < -0.3 is 29.5 Å². The van der Waals surface area contributed by atoms with Crippen molar-refractivity contribution in [3.8, 4) is 0 Å². The lowest BCUT2D eigenvalue weighted by Crippen LogP contribution is -2.45. The van der Waals surface area contributed by atoms with Crippen LogP contribution in [0.4, 0.5) is 15.5 Å². The van der Waals surface area contributed by atoms with E-state index in [1.54, 1.807) is 36.2 Å². The summed E-state index contributed by atoms with van der Waals surface area (Å²) in [6.45, 7) is 9.90. The van der Waals surface area contributed by atoms with Crippen LogP contribution in [0.1, 0.15) is 31.7 Å². The minimum atomic E-state index is -3.24. The molecule has 2 fully saturated rings. The lowest BCUT2D eigenvalue weighted by molar-refractivity contribution is -0.146. The van der Waals surface area contributed by atoms with Crippen molar-refractivity contribution in [2.75, 3.05) is 29.9 Å². The minimum Gasteiger partial charge on any atom is -0.396 e. The number of aliphatic hydroxyl groups excluding tert-OH is 1. The van der Waals surface area contributed by atoms with Gasteiger partial charge in [0.1, 0.15) is 0 Å².